The van der Waals surface area contributed by atoms with Crippen LogP contribution in [0.2, 0.25) is 5.02 Å². The highest BCUT2D eigenvalue weighted by Crippen LogP contribution is 2.32. The van der Waals surface area contributed by atoms with E-state index >= 15 is 0 Å². The number of nitrogens with zero attached hydrogens (tertiary/aromatic N) is 9. The minimum atomic E-state index is -1.13. The number of benzene rings is 1. The van der Waals surface area contributed by atoms with Crippen LogP contribution < -0.4 is 10.5 Å². The molecule has 226 valence electrons. The summed E-state index contributed by atoms with van der Waals surface area (Å²) in [6, 6.07) is 9.75. The molecule has 44 heavy (non-hydrogen) atoms. The molecule has 1 amide bonds. The number of amides is 1. The third kappa shape index (κ3) is 5.92. The molecule has 16 heteroatoms. The number of rotatable bonds is 11. The summed E-state index contributed by atoms with van der Waals surface area (Å²) in [5.74, 6) is 1.51. The topological polar surface area (TPSA) is 179 Å². The molecule has 1 aliphatic rings. The summed E-state index contributed by atoms with van der Waals surface area (Å²) < 4.78 is 13.5. The van der Waals surface area contributed by atoms with Crippen LogP contribution in [0, 0.1) is 0 Å². The van der Waals surface area contributed by atoms with Gasteiger partial charge in [0.05, 0.1) is 55.7 Å². The van der Waals surface area contributed by atoms with Crippen LogP contribution >= 0.6 is 11.6 Å². The molecule has 1 atom stereocenters. The molecule has 0 saturated carbocycles. The van der Waals surface area contributed by atoms with Crippen molar-refractivity contribution in [2.75, 3.05) is 38.4 Å². The lowest BCUT2D eigenvalue weighted by atomic mass is 10.1. The maximum Gasteiger partial charge on any atom is 0.413 e. The van der Waals surface area contributed by atoms with Crippen LogP contribution in [0.5, 0.6) is 0 Å². The molecule has 0 unspecified atom stereocenters. The number of fused-ring (bicyclic) bond motifs is 1. The van der Waals surface area contributed by atoms with Crippen molar-refractivity contribution in [2.24, 2.45) is 0 Å². The summed E-state index contributed by atoms with van der Waals surface area (Å²) in [4.78, 5) is 43.4. The number of tetrazole rings is 1. The molecule has 0 saturated heterocycles. The first-order chi connectivity index (χ1) is 21.4. The lowest BCUT2D eigenvalue weighted by molar-refractivity contribution is 0.0738. The third-order valence-electron chi connectivity index (χ3n) is 7.18. The van der Waals surface area contributed by atoms with E-state index in [4.69, 9.17) is 26.1 Å². The molecular formula is C28H27ClN10O5. The number of nitrogens with one attached hydrogen (secondary N) is 1. The number of pyridine rings is 1. The van der Waals surface area contributed by atoms with Gasteiger partial charge in [-0.15, -0.1) is 5.10 Å². The number of aromatic amines is 1. The van der Waals surface area contributed by atoms with Crippen molar-refractivity contribution in [3.63, 3.8) is 0 Å². The Morgan fingerprint density at radius 1 is 1.16 bits per heavy atom. The maximum absolute atomic E-state index is 13.5. The predicted molar refractivity (Wildman–Crippen MR) is 158 cm³/mol. The molecular weight excluding hydrogens is 592 g/mol. The van der Waals surface area contributed by atoms with Gasteiger partial charge in [-0.1, -0.05) is 11.6 Å². The monoisotopic (exact) mass is 618 g/mol. The SMILES string of the molecule is COCCOCCN(C(=O)O)c1ccc(-c2cnc([C@@H]3CCc4nc(-c5cc(Cl)ccc5-n5cnnn5)cc(=O)n43)[nH]2)cn1. The van der Waals surface area contributed by atoms with E-state index in [0.29, 0.717) is 70.9 Å². The van der Waals surface area contributed by atoms with Crippen molar-refractivity contribution in [3.8, 4) is 28.2 Å². The first-order valence-corrected chi connectivity index (χ1v) is 14.0. The molecule has 0 bridgehead atoms. The van der Waals surface area contributed by atoms with E-state index in [1.165, 1.54) is 17.1 Å². The Balaban J connectivity index is 1.21. The first-order valence-electron chi connectivity index (χ1n) is 13.7. The number of carbonyl (C=O) groups is 1. The van der Waals surface area contributed by atoms with Crippen molar-refractivity contribution in [2.45, 2.75) is 18.9 Å². The molecule has 5 heterocycles. The van der Waals surface area contributed by atoms with Gasteiger partial charge in [0.25, 0.3) is 5.56 Å². The van der Waals surface area contributed by atoms with Crippen LogP contribution in [0.25, 0.3) is 28.2 Å². The van der Waals surface area contributed by atoms with Gasteiger partial charge >= 0.3 is 6.09 Å². The van der Waals surface area contributed by atoms with Crippen LogP contribution in [0.3, 0.4) is 0 Å². The smallest absolute Gasteiger partial charge is 0.413 e. The van der Waals surface area contributed by atoms with Crippen LogP contribution in [0.1, 0.15) is 24.1 Å². The van der Waals surface area contributed by atoms with Gasteiger partial charge in [0.2, 0.25) is 0 Å². The highest BCUT2D eigenvalue weighted by molar-refractivity contribution is 6.31. The molecule has 0 radical (unpaired) electrons. The Morgan fingerprint density at radius 3 is 2.80 bits per heavy atom. The van der Waals surface area contributed by atoms with Crippen molar-refractivity contribution in [3.05, 3.63) is 82.1 Å². The number of aryl methyl sites for hydroxylation is 1. The van der Waals surface area contributed by atoms with E-state index in [0.717, 1.165) is 4.90 Å². The predicted octanol–water partition coefficient (Wildman–Crippen LogP) is 3.01. The van der Waals surface area contributed by atoms with E-state index in [1.807, 2.05) is 0 Å². The number of imidazole rings is 1. The molecule has 0 fully saturated rings. The Bertz CT molecular complexity index is 1820. The number of ether oxygens (including phenoxy) is 2. The van der Waals surface area contributed by atoms with E-state index in [-0.39, 0.29) is 30.6 Å². The van der Waals surface area contributed by atoms with Gasteiger partial charge in [-0.05, 0) is 47.2 Å². The molecule has 5 aromatic rings. The fourth-order valence-electron chi connectivity index (χ4n) is 5.09. The van der Waals surface area contributed by atoms with Crippen LogP contribution in [0.15, 0.2) is 59.9 Å². The number of hydrogen-bond acceptors (Lipinski definition) is 10. The molecule has 0 spiro atoms. The Hall–Kier alpha value is -4.99. The second-order valence-electron chi connectivity index (χ2n) is 9.86. The summed E-state index contributed by atoms with van der Waals surface area (Å²) in [7, 11) is 1.57. The van der Waals surface area contributed by atoms with E-state index < -0.39 is 6.09 Å². The van der Waals surface area contributed by atoms with Crippen LogP contribution in [-0.4, -0.2) is 89.4 Å². The average Bonchev–Trinajstić information content (AvgIpc) is 3.80. The highest BCUT2D eigenvalue weighted by Gasteiger charge is 2.29. The molecule has 0 aliphatic carbocycles. The quantitative estimate of drug-likeness (QED) is 0.208. The van der Waals surface area contributed by atoms with Crippen molar-refractivity contribution in [1.82, 2.24) is 44.7 Å². The lowest BCUT2D eigenvalue weighted by Crippen LogP contribution is -2.33. The zero-order chi connectivity index (χ0) is 30.6. The molecule has 15 nitrogen and oxygen atoms in total. The summed E-state index contributed by atoms with van der Waals surface area (Å²) in [6.07, 6.45) is 4.77. The van der Waals surface area contributed by atoms with Gasteiger partial charge in [0.1, 0.15) is 23.8 Å². The minimum absolute atomic E-state index is 0.126. The number of hydrogen-bond donors (Lipinski definition) is 2. The largest absolute Gasteiger partial charge is 0.465 e. The number of methoxy groups -OCH3 is 1. The van der Waals surface area contributed by atoms with Gasteiger partial charge in [0, 0.05) is 41.9 Å². The van der Waals surface area contributed by atoms with Gasteiger partial charge in [-0.25, -0.2) is 19.7 Å². The molecule has 2 N–H and O–H groups in total. The van der Waals surface area contributed by atoms with Crippen molar-refractivity contribution < 1.29 is 19.4 Å². The Labute approximate surface area is 255 Å². The molecule has 4 aromatic heterocycles. The Morgan fingerprint density at radius 2 is 2.05 bits per heavy atom. The summed E-state index contributed by atoms with van der Waals surface area (Å²) in [6.45, 7) is 1.14. The fraction of sp³-hybridized carbons (Fsp3) is 0.286. The van der Waals surface area contributed by atoms with Crippen molar-refractivity contribution in [1.29, 1.82) is 0 Å². The normalized spacial score (nSPS) is 14.1. The number of anilines is 1. The summed E-state index contributed by atoms with van der Waals surface area (Å²) in [5, 5.41) is 21.5. The van der Waals surface area contributed by atoms with Gasteiger partial charge < -0.3 is 19.6 Å². The Kier molecular flexibility index (Phi) is 8.40. The average molecular weight is 619 g/mol. The number of H-pyrrole nitrogens is 1. The van der Waals surface area contributed by atoms with Gasteiger partial charge in [0.15, 0.2) is 0 Å². The first kappa shape index (κ1) is 29.1. The van der Waals surface area contributed by atoms with Crippen LogP contribution in [0.4, 0.5) is 10.6 Å². The van der Waals surface area contributed by atoms with Crippen LogP contribution in [-0.2, 0) is 15.9 Å². The standard InChI is InChI=1S/C28H27ClN10O5/c1-43-10-11-44-9-8-37(28(41)42)24-6-2-17(14-30-24)21-15-31-27(34-21)23-5-7-25-33-20(13-26(40)39(23)25)19-12-18(29)3-4-22(19)38-16-32-35-36-38/h2-4,6,12-16,23H,5,7-11H2,1H3,(H,31,34)(H,41,42)/t23-/m0/s1. The summed E-state index contributed by atoms with van der Waals surface area (Å²) in [5.41, 5.74) is 2.91. The molecule has 1 aliphatic heterocycles. The van der Waals surface area contributed by atoms with Gasteiger partial charge in [-0.3, -0.25) is 14.3 Å². The molecule has 1 aromatic carbocycles. The minimum Gasteiger partial charge on any atom is -0.465 e. The number of halogens is 1. The third-order valence-corrected chi connectivity index (χ3v) is 7.41. The number of carboxylic acid groups (broad SMARTS) is 1. The van der Waals surface area contributed by atoms with Crippen molar-refractivity contribution >= 4 is 23.5 Å². The lowest BCUT2D eigenvalue weighted by Gasteiger charge is -2.18. The van der Waals surface area contributed by atoms with E-state index in [9.17, 15) is 14.7 Å². The second-order valence-corrected chi connectivity index (χ2v) is 10.3. The zero-order valence-electron chi connectivity index (χ0n) is 23.5. The van der Waals surface area contributed by atoms with E-state index in [2.05, 4.69) is 30.5 Å². The molecule has 6 rings (SSSR count). The zero-order valence-corrected chi connectivity index (χ0v) is 24.3. The van der Waals surface area contributed by atoms with E-state index in [1.54, 1.807) is 54.4 Å². The highest BCUT2D eigenvalue weighted by atomic mass is 35.5. The fourth-order valence-corrected chi connectivity index (χ4v) is 5.26. The second kappa shape index (κ2) is 12.7. The maximum atomic E-state index is 13.5. The summed E-state index contributed by atoms with van der Waals surface area (Å²) >= 11 is 6.29. The van der Waals surface area contributed by atoms with Gasteiger partial charge in [-0.2, -0.15) is 4.68 Å². The number of aromatic nitrogens is 9.